The zero-order chi connectivity index (χ0) is 13.0. The van der Waals surface area contributed by atoms with E-state index in [1.54, 1.807) is 12.1 Å². The number of rotatable bonds is 3. The maximum Gasteiger partial charge on any atom is 0.254 e. The monoisotopic (exact) mass is 349 g/mol. The Morgan fingerprint density at radius 3 is 2.76 bits per heavy atom. The Morgan fingerprint density at radius 2 is 2.24 bits per heavy atom. The lowest BCUT2D eigenvalue weighted by Gasteiger charge is -2.16. The summed E-state index contributed by atoms with van der Waals surface area (Å²) in [6.45, 7) is 0.0160. The summed E-state index contributed by atoms with van der Waals surface area (Å²) in [6, 6.07) is 4.62. The lowest BCUT2D eigenvalue weighted by molar-refractivity contribution is 0.0813. The number of hydrogen-bond acceptors (Lipinski definition) is 4. The number of benzene rings is 1. The second-order valence-corrected chi connectivity index (χ2v) is 4.58. The fraction of sp³-hybridized carbons (Fsp3) is 0.200. The maximum atomic E-state index is 11.9. The van der Waals surface area contributed by atoms with Crippen molar-refractivity contribution in [1.82, 2.24) is 4.90 Å². The summed E-state index contributed by atoms with van der Waals surface area (Å²) in [5, 5.41) is 20.7. The fourth-order valence-electron chi connectivity index (χ4n) is 1.21. The number of aromatic hydroxyl groups is 1. The molecule has 0 bridgehead atoms. The van der Waals surface area contributed by atoms with Gasteiger partial charge in [-0.3, -0.25) is 4.79 Å². The van der Waals surface area contributed by atoms with Crippen molar-refractivity contribution in [2.24, 2.45) is 10.9 Å². The predicted molar refractivity (Wildman–Crippen MR) is 71.2 cm³/mol. The molecular formula is C10H12IN3O3. The minimum Gasteiger partial charge on any atom is -0.507 e. The van der Waals surface area contributed by atoms with E-state index in [0.29, 0.717) is 9.13 Å². The van der Waals surface area contributed by atoms with Crippen LogP contribution >= 0.6 is 22.6 Å². The van der Waals surface area contributed by atoms with Gasteiger partial charge in [-0.2, -0.15) is 0 Å². The molecule has 17 heavy (non-hydrogen) atoms. The van der Waals surface area contributed by atoms with Crippen LogP contribution in [0.2, 0.25) is 0 Å². The van der Waals surface area contributed by atoms with Crippen molar-refractivity contribution < 1.29 is 15.1 Å². The molecule has 7 heteroatoms. The van der Waals surface area contributed by atoms with Crippen LogP contribution in [-0.2, 0) is 0 Å². The largest absolute Gasteiger partial charge is 0.507 e. The van der Waals surface area contributed by atoms with Crippen molar-refractivity contribution in [3.8, 4) is 5.75 Å². The molecule has 1 aromatic rings. The number of nitrogens with zero attached hydrogens (tertiary/aromatic N) is 2. The minimum atomic E-state index is -0.316. The van der Waals surface area contributed by atoms with E-state index in [9.17, 15) is 9.90 Å². The van der Waals surface area contributed by atoms with E-state index in [4.69, 9.17) is 10.9 Å². The molecule has 0 radical (unpaired) electrons. The quantitative estimate of drug-likeness (QED) is 0.247. The van der Waals surface area contributed by atoms with Gasteiger partial charge in [0.1, 0.15) is 5.75 Å². The first-order valence-electron chi connectivity index (χ1n) is 4.66. The van der Waals surface area contributed by atoms with Gasteiger partial charge in [-0.05, 0) is 40.8 Å². The lowest BCUT2D eigenvalue weighted by Crippen LogP contribution is -2.35. The van der Waals surface area contributed by atoms with Crippen molar-refractivity contribution in [1.29, 1.82) is 0 Å². The van der Waals surface area contributed by atoms with Gasteiger partial charge in [0.15, 0.2) is 5.84 Å². The number of oxime groups is 1. The third-order valence-corrected chi connectivity index (χ3v) is 2.98. The molecule has 1 aromatic carbocycles. The zero-order valence-corrected chi connectivity index (χ0v) is 11.2. The van der Waals surface area contributed by atoms with Gasteiger partial charge in [0, 0.05) is 12.6 Å². The Bertz CT molecular complexity index is 462. The number of amidine groups is 1. The Labute approximate surface area is 112 Å². The SMILES string of the molecule is CN(C/C(N)=N/O)C(=O)c1ccc(I)c(O)c1. The Balaban J connectivity index is 2.85. The number of phenolic OH excluding ortho intramolecular Hbond substituents is 1. The molecule has 0 aliphatic carbocycles. The number of nitrogens with two attached hydrogens (primary N) is 1. The Hall–Kier alpha value is -1.51. The highest BCUT2D eigenvalue weighted by Gasteiger charge is 2.14. The third-order valence-electron chi connectivity index (χ3n) is 2.07. The fourth-order valence-corrected chi connectivity index (χ4v) is 1.55. The first kappa shape index (κ1) is 13.6. The van der Waals surface area contributed by atoms with Crippen LogP contribution in [0.5, 0.6) is 5.75 Å². The predicted octanol–water partition coefficient (Wildman–Crippen LogP) is 0.815. The van der Waals surface area contributed by atoms with Crippen LogP contribution in [0, 0.1) is 3.57 Å². The molecule has 0 spiro atoms. The summed E-state index contributed by atoms with van der Waals surface area (Å²) in [5.74, 6) is -0.326. The summed E-state index contributed by atoms with van der Waals surface area (Å²) in [5.41, 5.74) is 5.64. The topological polar surface area (TPSA) is 99.1 Å². The highest BCUT2D eigenvalue weighted by Crippen LogP contribution is 2.21. The van der Waals surface area contributed by atoms with Crippen LogP contribution in [0.4, 0.5) is 0 Å². The van der Waals surface area contributed by atoms with E-state index >= 15 is 0 Å². The number of amides is 1. The van der Waals surface area contributed by atoms with Crippen molar-refractivity contribution in [2.75, 3.05) is 13.6 Å². The first-order valence-corrected chi connectivity index (χ1v) is 5.74. The van der Waals surface area contributed by atoms with E-state index in [-0.39, 0.29) is 24.0 Å². The van der Waals surface area contributed by atoms with Crippen LogP contribution in [0.15, 0.2) is 23.4 Å². The number of halogens is 1. The second kappa shape index (κ2) is 5.71. The van der Waals surface area contributed by atoms with Crippen LogP contribution in [0.25, 0.3) is 0 Å². The van der Waals surface area contributed by atoms with E-state index < -0.39 is 0 Å². The van der Waals surface area contributed by atoms with Gasteiger partial charge in [-0.25, -0.2) is 0 Å². The number of phenols is 1. The molecule has 1 amide bonds. The molecule has 0 aromatic heterocycles. The van der Waals surface area contributed by atoms with Crippen molar-refractivity contribution in [3.63, 3.8) is 0 Å². The molecule has 0 saturated heterocycles. The van der Waals surface area contributed by atoms with Gasteiger partial charge in [0.25, 0.3) is 5.91 Å². The van der Waals surface area contributed by atoms with Crippen molar-refractivity contribution in [3.05, 3.63) is 27.3 Å². The van der Waals surface area contributed by atoms with E-state index in [1.807, 2.05) is 22.6 Å². The smallest absolute Gasteiger partial charge is 0.254 e. The van der Waals surface area contributed by atoms with Gasteiger partial charge < -0.3 is 20.9 Å². The molecule has 4 N–H and O–H groups in total. The molecule has 0 unspecified atom stereocenters. The van der Waals surface area contributed by atoms with E-state index in [0.717, 1.165) is 0 Å². The molecule has 0 heterocycles. The third kappa shape index (κ3) is 3.48. The van der Waals surface area contributed by atoms with Gasteiger partial charge in [-0.1, -0.05) is 5.16 Å². The van der Waals surface area contributed by atoms with Crippen molar-refractivity contribution in [2.45, 2.75) is 0 Å². The summed E-state index contributed by atoms with van der Waals surface area (Å²) >= 11 is 1.96. The minimum absolute atomic E-state index is 0.0160. The average Bonchev–Trinajstić information content (AvgIpc) is 2.31. The summed E-state index contributed by atoms with van der Waals surface area (Å²) in [7, 11) is 1.52. The maximum absolute atomic E-state index is 11.9. The normalized spacial score (nSPS) is 11.3. The number of carbonyl (C=O) groups excluding carboxylic acids is 1. The molecule has 0 fully saturated rings. The molecule has 0 aliphatic heterocycles. The summed E-state index contributed by atoms with van der Waals surface area (Å²) in [4.78, 5) is 13.2. The molecule has 0 aliphatic rings. The van der Waals surface area contributed by atoms with Gasteiger partial charge in [-0.15, -0.1) is 0 Å². The number of likely N-dealkylation sites (N-methyl/N-ethyl adjacent to an activating group) is 1. The Kier molecular flexibility index (Phi) is 4.55. The first-order chi connectivity index (χ1) is 7.95. The van der Waals surface area contributed by atoms with Gasteiger partial charge >= 0.3 is 0 Å². The van der Waals surface area contributed by atoms with Crippen molar-refractivity contribution >= 4 is 34.3 Å². The van der Waals surface area contributed by atoms with Gasteiger partial charge in [0.2, 0.25) is 0 Å². The zero-order valence-electron chi connectivity index (χ0n) is 9.09. The molecule has 92 valence electrons. The summed E-state index contributed by atoms with van der Waals surface area (Å²) < 4.78 is 0.665. The van der Waals surface area contributed by atoms with E-state index in [2.05, 4.69) is 5.16 Å². The molecule has 6 nitrogen and oxygen atoms in total. The Morgan fingerprint density at radius 1 is 1.59 bits per heavy atom. The number of hydrogen-bond donors (Lipinski definition) is 3. The number of carbonyl (C=O) groups is 1. The molecule has 0 saturated carbocycles. The molecule has 0 atom stereocenters. The van der Waals surface area contributed by atoms with E-state index in [1.165, 1.54) is 18.0 Å². The average molecular weight is 349 g/mol. The van der Waals surface area contributed by atoms with Crippen LogP contribution in [0.1, 0.15) is 10.4 Å². The highest BCUT2D eigenvalue weighted by atomic mass is 127. The highest BCUT2D eigenvalue weighted by molar-refractivity contribution is 14.1. The van der Waals surface area contributed by atoms with Gasteiger partial charge in [0.05, 0.1) is 10.1 Å². The van der Waals surface area contributed by atoms with Crippen LogP contribution in [-0.4, -0.2) is 40.5 Å². The van der Waals surface area contributed by atoms with Crippen LogP contribution < -0.4 is 5.73 Å². The van der Waals surface area contributed by atoms with Crippen LogP contribution in [0.3, 0.4) is 0 Å². The molecule has 1 rings (SSSR count). The lowest BCUT2D eigenvalue weighted by atomic mass is 10.2. The standard InChI is InChI=1S/C10H12IN3O3/c1-14(5-9(12)13-17)10(16)6-2-3-7(11)8(15)4-6/h2-4,15,17H,5H2,1H3,(H2,12,13). The molecular weight excluding hydrogens is 337 g/mol. The summed E-state index contributed by atoms with van der Waals surface area (Å²) in [6.07, 6.45) is 0. The second-order valence-electron chi connectivity index (χ2n) is 3.42.